The number of hydrogen-bond acceptors (Lipinski definition) is 2. The van der Waals surface area contributed by atoms with Crippen LogP contribution in [0.2, 0.25) is 0 Å². The Bertz CT molecular complexity index is 514. The maximum absolute atomic E-state index is 10.9. The maximum atomic E-state index is 10.9. The molecule has 0 fully saturated rings. The molecule has 1 aromatic carbocycles. The van der Waals surface area contributed by atoms with Gasteiger partial charge in [-0.25, -0.2) is 4.79 Å². The minimum Gasteiger partial charge on any atom is -0.423 e. The molecule has 0 saturated heterocycles. The Balaban J connectivity index is 2.95. The third-order valence-electron chi connectivity index (χ3n) is 2.01. The molecule has 2 nitrogen and oxygen atoms in total. The van der Waals surface area contributed by atoms with Crippen LogP contribution in [0.15, 0.2) is 37.9 Å². The first kappa shape index (κ1) is 8.51. The van der Waals surface area contributed by atoms with E-state index in [1.165, 1.54) is 6.07 Å². The van der Waals surface area contributed by atoms with Crippen LogP contribution in [-0.2, 0) is 0 Å². The molecule has 0 amide bonds. The molecule has 0 aliphatic heterocycles. The molecule has 0 radical (unpaired) electrons. The summed E-state index contributed by atoms with van der Waals surface area (Å²) < 4.78 is 6.04. The lowest BCUT2D eigenvalue weighted by atomic mass is 10.1. The van der Waals surface area contributed by atoms with Gasteiger partial charge in [0.15, 0.2) is 0 Å². The number of rotatable bonds is 0. The Morgan fingerprint density at radius 3 is 2.77 bits per heavy atom. The molecule has 0 atom stereocenters. The zero-order valence-corrected chi connectivity index (χ0v) is 8.59. The molecule has 0 spiro atoms. The highest BCUT2D eigenvalue weighted by Crippen LogP contribution is 2.24. The fourth-order valence-electron chi connectivity index (χ4n) is 1.27. The van der Waals surface area contributed by atoms with Crippen LogP contribution < -0.4 is 5.63 Å². The molecule has 0 unspecified atom stereocenters. The summed E-state index contributed by atoms with van der Waals surface area (Å²) in [5.41, 5.74) is 1.41. The summed E-state index contributed by atoms with van der Waals surface area (Å²) in [7, 11) is 0. The van der Waals surface area contributed by atoms with E-state index in [1.54, 1.807) is 12.1 Å². The van der Waals surface area contributed by atoms with Crippen molar-refractivity contribution < 1.29 is 4.42 Å². The third kappa shape index (κ3) is 1.40. The molecule has 0 N–H and O–H groups in total. The fraction of sp³-hybridized carbons (Fsp3) is 0.100. The highest BCUT2D eigenvalue weighted by atomic mass is 79.9. The predicted molar refractivity (Wildman–Crippen MR) is 54.9 cm³/mol. The SMILES string of the molecule is Cc1c(Br)ccc2oc(=O)ccc12. The second-order valence-electron chi connectivity index (χ2n) is 2.84. The molecule has 3 heteroatoms. The Labute approximate surface area is 83.3 Å². The van der Waals surface area contributed by atoms with Gasteiger partial charge in [0, 0.05) is 15.9 Å². The molecule has 0 aliphatic rings. The Morgan fingerprint density at radius 1 is 1.23 bits per heavy atom. The van der Waals surface area contributed by atoms with Crippen molar-refractivity contribution in [1.29, 1.82) is 0 Å². The lowest BCUT2D eigenvalue weighted by molar-refractivity contribution is 0.561. The van der Waals surface area contributed by atoms with Gasteiger partial charge in [-0.05, 0) is 30.7 Å². The van der Waals surface area contributed by atoms with Gasteiger partial charge in [-0.15, -0.1) is 0 Å². The van der Waals surface area contributed by atoms with Gasteiger partial charge in [-0.2, -0.15) is 0 Å². The summed E-state index contributed by atoms with van der Waals surface area (Å²) in [6.07, 6.45) is 0. The van der Waals surface area contributed by atoms with Crippen LogP contribution in [0, 0.1) is 6.92 Å². The maximum Gasteiger partial charge on any atom is 0.336 e. The van der Waals surface area contributed by atoms with Crippen LogP contribution in [0.5, 0.6) is 0 Å². The Kier molecular flexibility index (Phi) is 1.96. The van der Waals surface area contributed by atoms with Crippen molar-refractivity contribution in [2.24, 2.45) is 0 Å². The van der Waals surface area contributed by atoms with Crippen molar-refractivity contribution in [1.82, 2.24) is 0 Å². The lowest BCUT2D eigenvalue weighted by Crippen LogP contribution is -1.95. The van der Waals surface area contributed by atoms with Gasteiger partial charge in [-0.3, -0.25) is 0 Å². The Hall–Kier alpha value is -1.09. The third-order valence-corrected chi connectivity index (χ3v) is 2.86. The van der Waals surface area contributed by atoms with Gasteiger partial charge in [0.05, 0.1) is 0 Å². The molecule has 2 aromatic rings. The number of hydrogen-bond donors (Lipinski definition) is 0. The van der Waals surface area contributed by atoms with Gasteiger partial charge in [0.25, 0.3) is 0 Å². The van der Waals surface area contributed by atoms with Crippen LogP contribution in [0.4, 0.5) is 0 Å². The van der Waals surface area contributed by atoms with Gasteiger partial charge in [-0.1, -0.05) is 15.9 Å². The molecule has 1 heterocycles. The smallest absolute Gasteiger partial charge is 0.336 e. The molecular weight excluding hydrogens is 232 g/mol. The highest BCUT2D eigenvalue weighted by Gasteiger charge is 2.02. The van der Waals surface area contributed by atoms with Crippen LogP contribution in [0.25, 0.3) is 11.0 Å². The van der Waals surface area contributed by atoms with E-state index < -0.39 is 0 Å². The topological polar surface area (TPSA) is 30.2 Å². The molecule has 66 valence electrons. The summed E-state index contributed by atoms with van der Waals surface area (Å²) in [6, 6.07) is 6.87. The first-order chi connectivity index (χ1) is 6.18. The normalized spacial score (nSPS) is 10.6. The van der Waals surface area contributed by atoms with Crippen molar-refractivity contribution in [3.05, 3.63) is 44.7 Å². The summed E-state index contributed by atoms with van der Waals surface area (Å²) in [6.45, 7) is 1.98. The summed E-state index contributed by atoms with van der Waals surface area (Å²) in [5, 5.41) is 0.967. The molecule has 2 rings (SSSR count). The van der Waals surface area contributed by atoms with Crippen molar-refractivity contribution in [2.45, 2.75) is 6.92 Å². The van der Waals surface area contributed by atoms with E-state index in [1.807, 2.05) is 13.0 Å². The van der Waals surface area contributed by atoms with Gasteiger partial charge >= 0.3 is 5.63 Å². The molecule has 1 aromatic heterocycles. The second kappa shape index (κ2) is 3.00. The first-order valence-electron chi connectivity index (χ1n) is 3.87. The zero-order valence-electron chi connectivity index (χ0n) is 7.00. The number of fused-ring (bicyclic) bond motifs is 1. The van der Waals surface area contributed by atoms with E-state index in [0.29, 0.717) is 5.58 Å². The Morgan fingerprint density at radius 2 is 2.00 bits per heavy atom. The van der Waals surface area contributed by atoms with Gasteiger partial charge in [0.1, 0.15) is 5.58 Å². The molecule has 0 saturated carbocycles. The van der Waals surface area contributed by atoms with Crippen molar-refractivity contribution in [3.8, 4) is 0 Å². The second-order valence-corrected chi connectivity index (χ2v) is 3.69. The van der Waals surface area contributed by atoms with Crippen LogP contribution in [0.1, 0.15) is 5.56 Å². The largest absolute Gasteiger partial charge is 0.423 e. The van der Waals surface area contributed by atoms with E-state index in [2.05, 4.69) is 15.9 Å². The minimum absolute atomic E-state index is 0.311. The van der Waals surface area contributed by atoms with E-state index in [9.17, 15) is 4.79 Å². The van der Waals surface area contributed by atoms with Crippen molar-refractivity contribution in [3.63, 3.8) is 0 Å². The molecule has 0 bridgehead atoms. The van der Waals surface area contributed by atoms with E-state index >= 15 is 0 Å². The molecule has 13 heavy (non-hydrogen) atoms. The average molecular weight is 239 g/mol. The summed E-state index contributed by atoms with van der Waals surface area (Å²) in [5.74, 6) is 0. The van der Waals surface area contributed by atoms with Crippen LogP contribution in [0.3, 0.4) is 0 Å². The predicted octanol–water partition coefficient (Wildman–Crippen LogP) is 2.86. The average Bonchev–Trinajstić information content (AvgIpc) is 2.12. The lowest BCUT2D eigenvalue weighted by Gasteiger charge is -2.01. The standard InChI is InChI=1S/C10H7BrO2/c1-6-7-2-5-10(12)13-9(7)4-3-8(6)11/h2-5H,1H3. The van der Waals surface area contributed by atoms with E-state index in [-0.39, 0.29) is 5.63 Å². The first-order valence-corrected chi connectivity index (χ1v) is 4.67. The van der Waals surface area contributed by atoms with Crippen LogP contribution in [-0.4, -0.2) is 0 Å². The monoisotopic (exact) mass is 238 g/mol. The van der Waals surface area contributed by atoms with Crippen molar-refractivity contribution in [2.75, 3.05) is 0 Å². The number of benzene rings is 1. The summed E-state index contributed by atoms with van der Waals surface area (Å²) >= 11 is 3.42. The quantitative estimate of drug-likeness (QED) is 0.661. The number of aryl methyl sites for hydroxylation is 1. The minimum atomic E-state index is -0.311. The number of halogens is 1. The molecule has 0 aliphatic carbocycles. The zero-order chi connectivity index (χ0) is 9.42. The van der Waals surface area contributed by atoms with Crippen molar-refractivity contribution >= 4 is 26.9 Å². The summed E-state index contributed by atoms with van der Waals surface area (Å²) in [4.78, 5) is 10.9. The molecular formula is C10H7BrO2. The highest BCUT2D eigenvalue weighted by molar-refractivity contribution is 9.10. The fourth-order valence-corrected chi connectivity index (χ4v) is 1.61. The van der Waals surface area contributed by atoms with E-state index in [0.717, 1.165) is 15.4 Å². The van der Waals surface area contributed by atoms with Gasteiger partial charge in [0.2, 0.25) is 0 Å². The van der Waals surface area contributed by atoms with E-state index in [4.69, 9.17) is 4.42 Å². The van der Waals surface area contributed by atoms with Crippen LogP contribution >= 0.6 is 15.9 Å². The van der Waals surface area contributed by atoms with Gasteiger partial charge < -0.3 is 4.42 Å².